The van der Waals surface area contributed by atoms with Gasteiger partial charge in [0.2, 0.25) is 5.82 Å². The van der Waals surface area contributed by atoms with Crippen LogP contribution in [0.2, 0.25) is 0 Å². The standard InChI is InChI=1S/C21H19F3N8OS/c1-12-10-26-20(34-12)29-16-9-17(28-11-27-16)32-6-3-13(4-7-32)14-2-5-25-15(8-14)18-30-19(33-31-18)21(22,23)24/h2,5,8-11,13H,3-4,6-7H2,1H3,(H,26,27,28,29). The largest absolute Gasteiger partial charge is 0.471 e. The Morgan fingerprint density at radius 2 is 1.94 bits per heavy atom. The SMILES string of the molecule is Cc1cnc(Nc2cc(N3CCC(c4ccnc(-c5noc(C(F)(F)F)n5)c4)CC3)ncn2)s1. The van der Waals surface area contributed by atoms with E-state index < -0.39 is 12.1 Å². The van der Waals surface area contributed by atoms with E-state index in [0.717, 1.165) is 47.3 Å². The fourth-order valence-electron chi connectivity index (χ4n) is 3.82. The van der Waals surface area contributed by atoms with Gasteiger partial charge < -0.3 is 14.7 Å². The maximum Gasteiger partial charge on any atom is 0.471 e. The third kappa shape index (κ3) is 4.83. The smallest absolute Gasteiger partial charge is 0.356 e. The zero-order valence-electron chi connectivity index (χ0n) is 18.0. The number of hydrogen-bond acceptors (Lipinski definition) is 10. The Morgan fingerprint density at radius 1 is 1.12 bits per heavy atom. The van der Waals surface area contributed by atoms with Gasteiger partial charge in [-0.2, -0.15) is 18.2 Å². The lowest BCUT2D eigenvalue weighted by molar-refractivity contribution is -0.159. The summed E-state index contributed by atoms with van der Waals surface area (Å²) < 4.78 is 42.6. The van der Waals surface area contributed by atoms with Crippen LogP contribution in [0.25, 0.3) is 11.5 Å². The summed E-state index contributed by atoms with van der Waals surface area (Å²) in [6, 6.07) is 5.50. The molecule has 176 valence electrons. The van der Waals surface area contributed by atoms with Crippen LogP contribution < -0.4 is 10.2 Å². The zero-order valence-corrected chi connectivity index (χ0v) is 18.8. The first kappa shape index (κ1) is 22.2. The molecule has 34 heavy (non-hydrogen) atoms. The molecule has 0 unspecified atom stereocenters. The van der Waals surface area contributed by atoms with Gasteiger partial charge in [0, 0.05) is 36.4 Å². The number of aromatic nitrogens is 6. The second-order valence-electron chi connectivity index (χ2n) is 7.82. The lowest BCUT2D eigenvalue weighted by atomic mass is 9.89. The van der Waals surface area contributed by atoms with Gasteiger partial charge in [0.05, 0.1) is 0 Å². The molecular formula is C21H19F3N8OS. The Hall–Kier alpha value is -3.61. The number of anilines is 3. The van der Waals surface area contributed by atoms with Gasteiger partial charge in [0.1, 0.15) is 23.7 Å². The predicted octanol–water partition coefficient (Wildman–Crippen LogP) is 4.83. The fourth-order valence-corrected chi connectivity index (χ4v) is 4.49. The van der Waals surface area contributed by atoms with Gasteiger partial charge in [-0.3, -0.25) is 4.98 Å². The summed E-state index contributed by atoms with van der Waals surface area (Å²) in [6.07, 6.45) is 1.90. The van der Waals surface area contributed by atoms with Crippen molar-refractivity contribution in [2.45, 2.75) is 31.9 Å². The van der Waals surface area contributed by atoms with E-state index in [4.69, 9.17) is 0 Å². The Balaban J connectivity index is 1.25. The summed E-state index contributed by atoms with van der Waals surface area (Å²) in [5.41, 5.74) is 1.23. The lowest BCUT2D eigenvalue weighted by Crippen LogP contribution is -2.33. The minimum atomic E-state index is -4.69. The molecule has 1 fully saturated rings. The second kappa shape index (κ2) is 8.97. The van der Waals surface area contributed by atoms with E-state index in [-0.39, 0.29) is 17.4 Å². The van der Waals surface area contributed by atoms with Crippen molar-refractivity contribution in [1.29, 1.82) is 0 Å². The number of nitrogens with one attached hydrogen (secondary N) is 1. The summed E-state index contributed by atoms with van der Waals surface area (Å²) in [7, 11) is 0. The lowest BCUT2D eigenvalue weighted by Gasteiger charge is -2.33. The number of nitrogens with zero attached hydrogens (tertiary/aromatic N) is 7. The van der Waals surface area contributed by atoms with Crippen LogP contribution in [0.4, 0.5) is 29.9 Å². The summed E-state index contributed by atoms with van der Waals surface area (Å²) in [6.45, 7) is 3.54. The fraction of sp³-hybridized carbons (Fsp3) is 0.333. The number of rotatable bonds is 5. The molecule has 0 aliphatic carbocycles. The van der Waals surface area contributed by atoms with Crippen LogP contribution >= 0.6 is 11.3 Å². The van der Waals surface area contributed by atoms with E-state index >= 15 is 0 Å². The van der Waals surface area contributed by atoms with Crippen molar-refractivity contribution in [3.63, 3.8) is 0 Å². The van der Waals surface area contributed by atoms with Crippen molar-refractivity contribution in [1.82, 2.24) is 30.1 Å². The monoisotopic (exact) mass is 488 g/mol. The van der Waals surface area contributed by atoms with Crippen LogP contribution in [-0.2, 0) is 6.18 Å². The molecule has 1 N–H and O–H groups in total. The summed E-state index contributed by atoms with van der Waals surface area (Å²) >= 11 is 1.55. The van der Waals surface area contributed by atoms with Crippen molar-refractivity contribution >= 4 is 28.1 Å². The number of pyridine rings is 1. The molecule has 0 aromatic carbocycles. The van der Waals surface area contributed by atoms with Gasteiger partial charge in [-0.25, -0.2) is 15.0 Å². The molecule has 5 heterocycles. The van der Waals surface area contributed by atoms with Crippen LogP contribution in [0.5, 0.6) is 0 Å². The highest BCUT2D eigenvalue weighted by molar-refractivity contribution is 7.15. The van der Waals surface area contributed by atoms with Crippen LogP contribution in [0, 0.1) is 6.92 Å². The van der Waals surface area contributed by atoms with E-state index in [0.29, 0.717) is 5.82 Å². The minimum absolute atomic E-state index is 0.178. The molecule has 0 spiro atoms. The molecule has 1 saturated heterocycles. The third-order valence-electron chi connectivity index (χ3n) is 5.48. The number of halogens is 3. The normalized spacial score (nSPS) is 15.0. The summed E-state index contributed by atoms with van der Waals surface area (Å²) in [5.74, 6) is 0.171. The molecule has 0 bridgehead atoms. The van der Waals surface area contributed by atoms with Gasteiger partial charge in [-0.05, 0) is 43.4 Å². The molecule has 0 radical (unpaired) electrons. The Kier molecular flexibility index (Phi) is 5.86. The van der Waals surface area contributed by atoms with Gasteiger partial charge >= 0.3 is 12.1 Å². The number of hydrogen-bond donors (Lipinski definition) is 1. The van der Waals surface area contributed by atoms with Crippen LogP contribution in [0.1, 0.15) is 35.1 Å². The third-order valence-corrected chi connectivity index (χ3v) is 6.31. The zero-order chi connectivity index (χ0) is 23.7. The molecule has 0 atom stereocenters. The molecule has 4 aromatic rings. The summed E-state index contributed by atoms with van der Waals surface area (Å²) in [4.78, 5) is 23.8. The van der Waals surface area contributed by atoms with Crippen molar-refractivity contribution < 1.29 is 17.7 Å². The van der Waals surface area contributed by atoms with Gasteiger partial charge in [0.25, 0.3) is 0 Å². The highest BCUT2D eigenvalue weighted by Crippen LogP contribution is 2.33. The minimum Gasteiger partial charge on any atom is -0.356 e. The van der Waals surface area contributed by atoms with Crippen molar-refractivity contribution in [3.05, 3.63) is 53.3 Å². The van der Waals surface area contributed by atoms with Crippen molar-refractivity contribution in [2.24, 2.45) is 0 Å². The molecule has 1 aliphatic heterocycles. The predicted molar refractivity (Wildman–Crippen MR) is 119 cm³/mol. The molecule has 1 aliphatic rings. The van der Waals surface area contributed by atoms with Crippen LogP contribution in [0.3, 0.4) is 0 Å². The van der Waals surface area contributed by atoms with Crippen molar-refractivity contribution in [3.8, 4) is 11.5 Å². The quantitative estimate of drug-likeness (QED) is 0.423. The second-order valence-corrected chi connectivity index (χ2v) is 9.05. The van der Waals surface area contributed by atoms with E-state index in [2.05, 4.69) is 44.8 Å². The Labute approximate surface area is 196 Å². The van der Waals surface area contributed by atoms with Crippen molar-refractivity contribution in [2.75, 3.05) is 23.3 Å². The first-order valence-electron chi connectivity index (χ1n) is 10.5. The molecule has 0 saturated carbocycles. The molecule has 4 aromatic heterocycles. The van der Waals surface area contributed by atoms with Gasteiger partial charge in [-0.1, -0.05) is 5.16 Å². The molecule has 13 heteroatoms. The van der Waals surface area contributed by atoms with Crippen LogP contribution in [-0.4, -0.2) is 43.2 Å². The number of aryl methyl sites for hydroxylation is 1. The summed E-state index contributed by atoms with van der Waals surface area (Å²) in [5, 5.41) is 7.41. The van der Waals surface area contributed by atoms with Crippen LogP contribution in [0.15, 0.2) is 41.4 Å². The van der Waals surface area contributed by atoms with Gasteiger partial charge in [-0.15, -0.1) is 11.3 Å². The first-order chi connectivity index (χ1) is 16.3. The topological polar surface area (TPSA) is 106 Å². The Morgan fingerprint density at radius 3 is 2.65 bits per heavy atom. The first-order valence-corrected chi connectivity index (χ1v) is 11.3. The number of piperidine rings is 1. The maximum absolute atomic E-state index is 12.8. The molecule has 5 rings (SSSR count). The number of thiazole rings is 1. The molecule has 9 nitrogen and oxygen atoms in total. The highest BCUT2D eigenvalue weighted by Gasteiger charge is 2.38. The highest BCUT2D eigenvalue weighted by atomic mass is 32.1. The van der Waals surface area contributed by atoms with E-state index in [1.165, 1.54) is 6.33 Å². The van der Waals surface area contributed by atoms with E-state index in [9.17, 15) is 13.2 Å². The molecular weight excluding hydrogens is 469 g/mol. The average molecular weight is 488 g/mol. The Bertz CT molecular complexity index is 1280. The van der Waals surface area contributed by atoms with E-state index in [1.54, 1.807) is 29.8 Å². The molecule has 0 amide bonds. The van der Waals surface area contributed by atoms with E-state index in [1.807, 2.05) is 19.1 Å². The maximum atomic E-state index is 12.8. The number of alkyl halides is 3. The van der Waals surface area contributed by atoms with Gasteiger partial charge in [0.15, 0.2) is 5.13 Å². The average Bonchev–Trinajstić information content (AvgIpc) is 3.49.